The number of nitrogen functional groups attached to an aromatic ring is 1. The van der Waals surface area contributed by atoms with Crippen LogP contribution in [0.5, 0.6) is 5.88 Å². The number of aromatic nitrogens is 1. The number of likely N-dealkylation sites (N-methyl/N-ethyl adjacent to an activating group) is 1. The van der Waals surface area contributed by atoms with Crippen molar-refractivity contribution in [2.45, 2.75) is 0 Å². The van der Waals surface area contributed by atoms with E-state index < -0.39 is 0 Å². The highest BCUT2D eigenvalue weighted by atomic mass is 16.5. The van der Waals surface area contributed by atoms with Crippen LogP contribution in [-0.4, -0.2) is 37.4 Å². The van der Waals surface area contributed by atoms with Crippen molar-refractivity contribution >= 4 is 11.5 Å². The molecular weight excluding hydrogens is 182 g/mol. The maximum atomic E-state index is 8.77. The van der Waals surface area contributed by atoms with E-state index in [0.29, 0.717) is 23.9 Å². The summed E-state index contributed by atoms with van der Waals surface area (Å²) >= 11 is 0. The molecule has 78 valence electrons. The van der Waals surface area contributed by atoms with Crippen molar-refractivity contribution in [3.63, 3.8) is 0 Å². The standard InChI is InChI=1S/C9H15N3O2/c1-12(5-6-13)9-7(10)3-4-8(11-9)14-2/h3-4,13H,5-6,10H2,1-2H3. The number of hydrogen-bond donors (Lipinski definition) is 2. The predicted octanol–water partition coefficient (Wildman–Crippen LogP) is 0.101. The molecule has 0 atom stereocenters. The Morgan fingerprint density at radius 3 is 2.86 bits per heavy atom. The number of hydrogen-bond acceptors (Lipinski definition) is 5. The van der Waals surface area contributed by atoms with Gasteiger partial charge in [0.2, 0.25) is 5.88 Å². The minimum Gasteiger partial charge on any atom is -0.481 e. The van der Waals surface area contributed by atoms with Gasteiger partial charge in [0.25, 0.3) is 0 Å². The molecule has 5 heteroatoms. The Labute approximate surface area is 83.1 Å². The summed E-state index contributed by atoms with van der Waals surface area (Å²) in [5.41, 5.74) is 6.31. The smallest absolute Gasteiger partial charge is 0.215 e. The Balaban J connectivity index is 2.93. The number of methoxy groups -OCH3 is 1. The van der Waals surface area contributed by atoms with E-state index in [2.05, 4.69) is 4.98 Å². The fraction of sp³-hybridized carbons (Fsp3) is 0.444. The van der Waals surface area contributed by atoms with Gasteiger partial charge in [0.15, 0.2) is 5.82 Å². The highest BCUT2D eigenvalue weighted by Crippen LogP contribution is 2.22. The van der Waals surface area contributed by atoms with Crippen LogP contribution in [0.1, 0.15) is 0 Å². The lowest BCUT2D eigenvalue weighted by Gasteiger charge is -2.18. The summed E-state index contributed by atoms with van der Waals surface area (Å²) in [6.07, 6.45) is 0. The van der Waals surface area contributed by atoms with Crippen LogP contribution in [0, 0.1) is 0 Å². The molecule has 0 saturated carbocycles. The summed E-state index contributed by atoms with van der Waals surface area (Å²) in [6.45, 7) is 0.555. The van der Waals surface area contributed by atoms with E-state index in [-0.39, 0.29) is 6.61 Å². The van der Waals surface area contributed by atoms with E-state index in [9.17, 15) is 0 Å². The second kappa shape index (κ2) is 4.66. The Morgan fingerprint density at radius 1 is 1.57 bits per heavy atom. The molecule has 0 aliphatic heterocycles. The molecule has 0 unspecified atom stereocenters. The molecule has 3 N–H and O–H groups in total. The van der Waals surface area contributed by atoms with Gasteiger partial charge in [-0.2, -0.15) is 4.98 Å². The maximum absolute atomic E-state index is 8.77. The molecule has 5 nitrogen and oxygen atoms in total. The van der Waals surface area contributed by atoms with Crippen molar-refractivity contribution in [3.8, 4) is 5.88 Å². The fourth-order valence-electron chi connectivity index (χ4n) is 1.12. The molecule has 0 radical (unpaired) electrons. The van der Waals surface area contributed by atoms with Crippen molar-refractivity contribution in [3.05, 3.63) is 12.1 Å². The average molecular weight is 197 g/mol. The molecule has 0 spiro atoms. The third-order valence-corrected chi connectivity index (χ3v) is 1.89. The zero-order valence-electron chi connectivity index (χ0n) is 8.40. The van der Waals surface area contributed by atoms with Gasteiger partial charge in [0.05, 0.1) is 19.4 Å². The highest BCUT2D eigenvalue weighted by Gasteiger charge is 2.07. The van der Waals surface area contributed by atoms with Crippen LogP contribution in [0.25, 0.3) is 0 Å². The molecule has 0 fully saturated rings. The van der Waals surface area contributed by atoms with E-state index in [0.717, 1.165) is 0 Å². The van der Waals surface area contributed by atoms with Crippen molar-refractivity contribution in [1.82, 2.24) is 4.98 Å². The first-order chi connectivity index (χ1) is 6.69. The van der Waals surface area contributed by atoms with Gasteiger partial charge in [-0.25, -0.2) is 0 Å². The van der Waals surface area contributed by atoms with Crippen molar-refractivity contribution < 1.29 is 9.84 Å². The number of nitrogens with two attached hydrogens (primary N) is 1. The normalized spacial score (nSPS) is 9.93. The molecule has 1 aromatic rings. The SMILES string of the molecule is COc1ccc(N)c(N(C)CCO)n1. The van der Waals surface area contributed by atoms with Gasteiger partial charge in [-0.05, 0) is 6.07 Å². The monoisotopic (exact) mass is 197 g/mol. The molecule has 0 aliphatic rings. The zero-order chi connectivity index (χ0) is 10.6. The second-order valence-electron chi connectivity index (χ2n) is 2.91. The summed E-state index contributed by atoms with van der Waals surface area (Å²) in [6, 6.07) is 3.43. The largest absolute Gasteiger partial charge is 0.481 e. The first-order valence-corrected chi connectivity index (χ1v) is 4.31. The van der Waals surface area contributed by atoms with Gasteiger partial charge in [0, 0.05) is 19.7 Å². The van der Waals surface area contributed by atoms with Gasteiger partial charge in [-0.1, -0.05) is 0 Å². The van der Waals surface area contributed by atoms with Crippen molar-refractivity contribution in [2.75, 3.05) is 37.9 Å². The zero-order valence-corrected chi connectivity index (χ0v) is 8.40. The Morgan fingerprint density at radius 2 is 2.29 bits per heavy atom. The molecule has 1 aromatic heterocycles. The summed E-state index contributed by atoms with van der Waals surface area (Å²) in [5, 5.41) is 8.77. The summed E-state index contributed by atoms with van der Waals surface area (Å²) in [4.78, 5) is 5.95. The number of nitrogens with zero attached hydrogens (tertiary/aromatic N) is 2. The summed E-state index contributed by atoms with van der Waals surface area (Å²) in [5.74, 6) is 1.14. The molecule has 0 saturated heterocycles. The van der Waals surface area contributed by atoms with Gasteiger partial charge in [-0.15, -0.1) is 0 Å². The minimum atomic E-state index is 0.0643. The van der Waals surface area contributed by atoms with Crippen LogP contribution in [-0.2, 0) is 0 Å². The van der Waals surface area contributed by atoms with Crippen molar-refractivity contribution in [1.29, 1.82) is 0 Å². The molecule has 0 amide bonds. The van der Waals surface area contributed by atoms with Crippen LogP contribution in [0.2, 0.25) is 0 Å². The number of ether oxygens (including phenoxy) is 1. The van der Waals surface area contributed by atoms with Crippen LogP contribution >= 0.6 is 0 Å². The quantitative estimate of drug-likeness (QED) is 0.716. The molecule has 14 heavy (non-hydrogen) atoms. The molecule has 0 aliphatic carbocycles. The second-order valence-corrected chi connectivity index (χ2v) is 2.91. The minimum absolute atomic E-state index is 0.0643. The predicted molar refractivity (Wildman–Crippen MR) is 55.6 cm³/mol. The Hall–Kier alpha value is -1.49. The van der Waals surface area contributed by atoms with Gasteiger partial charge in [-0.3, -0.25) is 0 Å². The molecular formula is C9H15N3O2. The average Bonchev–Trinajstić information content (AvgIpc) is 2.19. The van der Waals surface area contributed by atoms with E-state index in [1.807, 2.05) is 7.05 Å². The third-order valence-electron chi connectivity index (χ3n) is 1.89. The number of aliphatic hydroxyl groups excluding tert-OH is 1. The van der Waals surface area contributed by atoms with Crippen molar-refractivity contribution in [2.24, 2.45) is 0 Å². The Bertz CT molecular complexity index is 304. The van der Waals surface area contributed by atoms with E-state index in [1.165, 1.54) is 0 Å². The van der Waals surface area contributed by atoms with Gasteiger partial charge in [0.1, 0.15) is 0 Å². The van der Waals surface area contributed by atoms with E-state index in [4.69, 9.17) is 15.6 Å². The molecule has 0 bridgehead atoms. The first kappa shape index (κ1) is 10.6. The third kappa shape index (κ3) is 2.26. The Kier molecular flexibility index (Phi) is 3.53. The van der Waals surface area contributed by atoms with Gasteiger partial charge >= 0.3 is 0 Å². The molecule has 0 aromatic carbocycles. The molecule has 1 rings (SSSR count). The first-order valence-electron chi connectivity index (χ1n) is 4.31. The van der Waals surface area contributed by atoms with Crippen LogP contribution in [0.4, 0.5) is 11.5 Å². The molecule has 1 heterocycles. The van der Waals surface area contributed by atoms with Crippen LogP contribution in [0.3, 0.4) is 0 Å². The number of rotatable bonds is 4. The summed E-state index contributed by atoms with van der Waals surface area (Å²) < 4.78 is 4.98. The van der Waals surface area contributed by atoms with Crippen LogP contribution < -0.4 is 15.4 Å². The lowest BCUT2D eigenvalue weighted by Crippen LogP contribution is -2.23. The maximum Gasteiger partial charge on any atom is 0.215 e. The van der Waals surface area contributed by atoms with Gasteiger partial charge < -0.3 is 20.5 Å². The lowest BCUT2D eigenvalue weighted by atomic mass is 10.3. The highest BCUT2D eigenvalue weighted by molar-refractivity contribution is 5.63. The van der Waals surface area contributed by atoms with E-state index in [1.54, 1.807) is 24.1 Å². The number of anilines is 2. The van der Waals surface area contributed by atoms with E-state index >= 15 is 0 Å². The topological polar surface area (TPSA) is 71.6 Å². The fourth-order valence-corrected chi connectivity index (χ4v) is 1.12. The summed E-state index contributed by atoms with van der Waals surface area (Å²) in [7, 11) is 3.36. The number of pyridine rings is 1. The van der Waals surface area contributed by atoms with Crippen LogP contribution in [0.15, 0.2) is 12.1 Å². The lowest BCUT2D eigenvalue weighted by molar-refractivity contribution is 0.303. The number of aliphatic hydroxyl groups is 1.